The van der Waals surface area contributed by atoms with Crippen LogP contribution in [0.2, 0.25) is 0 Å². The zero-order chi connectivity index (χ0) is 14.1. The van der Waals surface area contributed by atoms with Crippen molar-refractivity contribution < 1.29 is 0 Å². The van der Waals surface area contributed by atoms with Gasteiger partial charge in [-0.25, -0.2) is 9.97 Å². The molecule has 0 aliphatic heterocycles. The van der Waals surface area contributed by atoms with E-state index in [1.165, 1.54) is 11.1 Å². The van der Waals surface area contributed by atoms with Crippen molar-refractivity contribution in [3.8, 4) is 11.3 Å². The van der Waals surface area contributed by atoms with Gasteiger partial charge in [-0.05, 0) is 30.0 Å². The second-order valence-corrected chi connectivity index (χ2v) is 4.73. The zero-order valence-electron chi connectivity index (χ0n) is 11.6. The van der Waals surface area contributed by atoms with Crippen molar-refractivity contribution >= 4 is 17.1 Å². The molecule has 0 amide bonds. The molecule has 0 unspecified atom stereocenters. The molecule has 5 heteroatoms. The second-order valence-electron chi connectivity index (χ2n) is 4.73. The van der Waals surface area contributed by atoms with E-state index in [9.17, 15) is 0 Å². The van der Waals surface area contributed by atoms with Gasteiger partial charge in [-0.1, -0.05) is 26.0 Å². The SMILES string of the molecule is CCc1ccc(CC)c(-c2nc(N)nc3nc[nH]c23)c1. The van der Waals surface area contributed by atoms with Crippen LogP contribution in [-0.2, 0) is 12.8 Å². The van der Waals surface area contributed by atoms with Crippen molar-refractivity contribution in [1.29, 1.82) is 0 Å². The molecule has 0 radical (unpaired) electrons. The molecule has 0 spiro atoms. The van der Waals surface area contributed by atoms with Crippen LogP contribution in [0.25, 0.3) is 22.4 Å². The highest BCUT2D eigenvalue weighted by Gasteiger charge is 2.14. The molecule has 0 fully saturated rings. The molecule has 5 nitrogen and oxygen atoms in total. The largest absolute Gasteiger partial charge is 0.368 e. The molecule has 3 N–H and O–H groups in total. The Kier molecular flexibility index (Phi) is 3.10. The third-order valence-electron chi connectivity index (χ3n) is 3.52. The number of benzene rings is 1. The van der Waals surface area contributed by atoms with Crippen molar-refractivity contribution in [1.82, 2.24) is 19.9 Å². The third-order valence-corrected chi connectivity index (χ3v) is 3.52. The smallest absolute Gasteiger partial charge is 0.222 e. The second kappa shape index (κ2) is 4.92. The Hall–Kier alpha value is -2.43. The molecule has 102 valence electrons. The molecule has 2 aromatic heterocycles. The minimum Gasteiger partial charge on any atom is -0.368 e. The molecule has 0 saturated heterocycles. The summed E-state index contributed by atoms with van der Waals surface area (Å²) in [6.07, 6.45) is 3.56. The first-order valence-electron chi connectivity index (χ1n) is 6.81. The summed E-state index contributed by atoms with van der Waals surface area (Å²) in [6, 6.07) is 6.51. The number of fused-ring (bicyclic) bond motifs is 1. The highest BCUT2D eigenvalue weighted by atomic mass is 15.1. The van der Waals surface area contributed by atoms with Gasteiger partial charge in [0.15, 0.2) is 5.65 Å². The number of anilines is 1. The predicted molar refractivity (Wildman–Crippen MR) is 80.3 cm³/mol. The Balaban J connectivity index is 2.31. The number of nitrogens with one attached hydrogen (secondary N) is 1. The lowest BCUT2D eigenvalue weighted by atomic mass is 9.98. The fourth-order valence-electron chi connectivity index (χ4n) is 2.42. The van der Waals surface area contributed by atoms with Gasteiger partial charge in [0.1, 0.15) is 11.2 Å². The lowest BCUT2D eigenvalue weighted by Gasteiger charge is -2.10. The van der Waals surface area contributed by atoms with Gasteiger partial charge in [0.05, 0.1) is 6.33 Å². The van der Waals surface area contributed by atoms with Crippen LogP contribution in [0.15, 0.2) is 24.5 Å². The Morgan fingerprint density at radius 2 is 2.00 bits per heavy atom. The molecule has 0 bridgehead atoms. The summed E-state index contributed by atoms with van der Waals surface area (Å²) in [6.45, 7) is 4.28. The fraction of sp³-hybridized carbons (Fsp3) is 0.267. The summed E-state index contributed by atoms with van der Waals surface area (Å²) in [7, 11) is 0. The van der Waals surface area contributed by atoms with Crippen LogP contribution in [0.5, 0.6) is 0 Å². The van der Waals surface area contributed by atoms with Crippen LogP contribution < -0.4 is 5.73 Å². The van der Waals surface area contributed by atoms with E-state index in [1.54, 1.807) is 6.33 Å². The number of aryl methyl sites for hydroxylation is 2. The van der Waals surface area contributed by atoms with Crippen LogP contribution in [0.3, 0.4) is 0 Å². The van der Waals surface area contributed by atoms with Crippen LogP contribution >= 0.6 is 0 Å². The van der Waals surface area contributed by atoms with E-state index in [1.807, 2.05) is 0 Å². The monoisotopic (exact) mass is 267 g/mol. The number of aromatic amines is 1. The minimum absolute atomic E-state index is 0.253. The molecule has 1 aromatic carbocycles. The number of nitrogen functional groups attached to an aromatic ring is 1. The number of H-pyrrole nitrogens is 1. The van der Waals surface area contributed by atoms with E-state index in [0.717, 1.165) is 29.6 Å². The molecule has 2 heterocycles. The summed E-state index contributed by atoms with van der Waals surface area (Å²) in [5, 5.41) is 0. The van der Waals surface area contributed by atoms with E-state index in [2.05, 4.69) is 52.0 Å². The molecule has 0 saturated carbocycles. The molecule has 0 aliphatic carbocycles. The lowest BCUT2D eigenvalue weighted by molar-refractivity contribution is 1.10. The highest BCUT2D eigenvalue weighted by molar-refractivity contribution is 5.89. The highest BCUT2D eigenvalue weighted by Crippen LogP contribution is 2.29. The summed E-state index contributed by atoms with van der Waals surface area (Å²) in [4.78, 5) is 15.9. The number of nitrogens with zero attached hydrogens (tertiary/aromatic N) is 3. The van der Waals surface area contributed by atoms with Gasteiger partial charge >= 0.3 is 0 Å². The number of hydrogen-bond acceptors (Lipinski definition) is 4. The van der Waals surface area contributed by atoms with Gasteiger partial charge in [-0.15, -0.1) is 0 Å². The molecule has 3 rings (SSSR count). The summed E-state index contributed by atoms with van der Waals surface area (Å²) >= 11 is 0. The number of aromatic nitrogens is 4. The van der Waals surface area contributed by atoms with E-state index < -0.39 is 0 Å². The summed E-state index contributed by atoms with van der Waals surface area (Å²) in [5.74, 6) is 0.253. The number of nitrogens with two attached hydrogens (primary N) is 1. The van der Waals surface area contributed by atoms with Gasteiger partial charge in [-0.2, -0.15) is 4.98 Å². The zero-order valence-corrected chi connectivity index (χ0v) is 11.6. The minimum atomic E-state index is 0.253. The van der Waals surface area contributed by atoms with Gasteiger partial charge in [-0.3, -0.25) is 0 Å². The molecular formula is C15H17N5. The first-order valence-corrected chi connectivity index (χ1v) is 6.81. The van der Waals surface area contributed by atoms with Crippen molar-refractivity contribution in [2.75, 3.05) is 5.73 Å². The lowest BCUT2D eigenvalue weighted by Crippen LogP contribution is -2.00. The molecule has 0 aliphatic rings. The Labute approximate surface area is 117 Å². The number of rotatable bonds is 3. The van der Waals surface area contributed by atoms with E-state index >= 15 is 0 Å². The standard InChI is InChI=1S/C15H17N5/c1-3-9-5-6-10(4-2)11(7-9)12-13-14(18-8-17-13)20-15(16)19-12/h5-8H,3-4H2,1-2H3,(H3,16,17,18,19,20). The van der Waals surface area contributed by atoms with E-state index in [-0.39, 0.29) is 5.95 Å². The Bertz CT molecular complexity index is 760. The Morgan fingerprint density at radius 3 is 2.75 bits per heavy atom. The maximum Gasteiger partial charge on any atom is 0.222 e. The first-order chi connectivity index (χ1) is 9.72. The van der Waals surface area contributed by atoms with Gasteiger partial charge in [0.2, 0.25) is 5.95 Å². The topological polar surface area (TPSA) is 80.5 Å². The predicted octanol–water partition coefficient (Wildman–Crippen LogP) is 2.73. The van der Waals surface area contributed by atoms with Crippen LogP contribution in [0, 0.1) is 0 Å². The number of imidazole rings is 1. The van der Waals surface area contributed by atoms with Crippen molar-refractivity contribution in [3.05, 3.63) is 35.7 Å². The average molecular weight is 267 g/mol. The van der Waals surface area contributed by atoms with Crippen LogP contribution in [0.4, 0.5) is 5.95 Å². The molecular weight excluding hydrogens is 250 g/mol. The molecule has 0 atom stereocenters. The van der Waals surface area contributed by atoms with Crippen LogP contribution in [0.1, 0.15) is 25.0 Å². The summed E-state index contributed by atoms with van der Waals surface area (Å²) < 4.78 is 0. The number of hydrogen-bond donors (Lipinski definition) is 2. The van der Waals surface area contributed by atoms with Gasteiger partial charge < -0.3 is 10.7 Å². The molecule has 3 aromatic rings. The average Bonchev–Trinajstić information content (AvgIpc) is 2.93. The molecule has 20 heavy (non-hydrogen) atoms. The van der Waals surface area contributed by atoms with E-state index in [4.69, 9.17) is 5.73 Å². The first kappa shape index (κ1) is 12.6. The summed E-state index contributed by atoms with van der Waals surface area (Å²) in [5.41, 5.74) is 11.7. The maximum atomic E-state index is 5.81. The fourth-order valence-corrected chi connectivity index (χ4v) is 2.42. The normalized spacial score (nSPS) is 11.1. The van der Waals surface area contributed by atoms with Gasteiger partial charge in [0.25, 0.3) is 0 Å². The van der Waals surface area contributed by atoms with Crippen molar-refractivity contribution in [3.63, 3.8) is 0 Å². The Morgan fingerprint density at radius 1 is 1.15 bits per heavy atom. The van der Waals surface area contributed by atoms with Crippen molar-refractivity contribution in [2.45, 2.75) is 26.7 Å². The third kappa shape index (κ3) is 2.01. The van der Waals surface area contributed by atoms with Gasteiger partial charge in [0, 0.05) is 5.56 Å². The van der Waals surface area contributed by atoms with Crippen LogP contribution in [-0.4, -0.2) is 19.9 Å². The quantitative estimate of drug-likeness (QED) is 0.764. The van der Waals surface area contributed by atoms with E-state index in [0.29, 0.717) is 5.65 Å². The van der Waals surface area contributed by atoms with Crippen molar-refractivity contribution in [2.24, 2.45) is 0 Å². The maximum absolute atomic E-state index is 5.81.